The van der Waals surface area contributed by atoms with Gasteiger partial charge in [0.25, 0.3) is 0 Å². The molecule has 0 aliphatic carbocycles. The summed E-state index contributed by atoms with van der Waals surface area (Å²) in [5.41, 5.74) is 0.965. The Bertz CT molecular complexity index is 518. The standard InChI is InChI=1S/C18H28N2O/c1-13(2)20(14(3)4)11-10-19-15(5)18-12-16-8-6-7-9-17(16)21-18/h6-9,12-15,19H,10-11H2,1-5H3. The first-order chi connectivity index (χ1) is 9.99. The molecule has 0 radical (unpaired) electrons. The molecule has 0 bridgehead atoms. The molecule has 3 heteroatoms. The summed E-state index contributed by atoms with van der Waals surface area (Å²) in [4.78, 5) is 2.50. The molecule has 0 aliphatic rings. The normalized spacial score (nSPS) is 13.7. The molecule has 1 aromatic heterocycles. The monoisotopic (exact) mass is 288 g/mol. The maximum atomic E-state index is 5.91. The van der Waals surface area contributed by atoms with Crippen LogP contribution in [0.5, 0.6) is 0 Å². The fourth-order valence-electron chi connectivity index (χ4n) is 2.84. The topological polar surface area (TPSA) is 28.4 Å². The molecule has 0 fully saturated rings. The van der Waals surface area contributed by atoms with Gasteiger partial charge in [-0.15, -0.1) is 0 Å². The maximum absolute atomic E-state index is 5.91. The van der Waals surface area contributed by atoms with Crippen LogP contribution in [0.4, 0.5) is 0 Å². The summed E-state index contributed by atoms with van der Waals surface area (Å²) in [6, 6.07) is 11.7. The van der Waals surface area contributed by atoms with E-state index in [1.165, 1.54) is 5.39 Å². The SMILES string of the molecule is CC(NCCN(C(C)C)C(C)C)c1cc2ccccc2o1. The Morgan fingerprint density at radius 3 is 2.33 bits per heavy atom. The van der Waals surface area contributed by atoms with Crippen LogP contribution >= 0.6 is 0 Å². The molecule has 3 nitrogen and oxygen atoms in total. The quantitative estimate of drug-likeness (QED) is 0.827. The third kappa shape index (κ3) is 4.08. The zero-order valence-electron chi connectivity index (χ0n) is 13.9. The van der Waals surface area contributed by atoms with Gasteiger partial charge in [-0.2, -0.15) is 0 Å². The molecule has 0 amide bonds. The van der Waals surface area contributed by atoms with Crippen molar-refractivity contribution in [1.82, 2.24) is 10.2 Å². The molecule has 1 heterocycles. The lowest BCUT2D eigenvalue weighted by atomic mass is 10.2. The van der Waals surface area contributed by atoms with Crippen LogP contribution in [-0.2, 0) is 0 Å². The Morgan fingerprint density at radius 1 is 1.05 bits per heavy atom. The molecule has 0 aliphatic heterocycles. The summed E-state index contributed by atoms with van der Waals surface area (Å²) in [6.07, 6.45) is 0. The van der Waals surface area contributed by atoms with Crippen LogP contribution < -0.4 is 5.32 Å². The first-order valence-corrected chi connectivity index (χ1v) is 7.96. The first kappa shape index (κ1) is 16.1. The van der Waals surface area contributed by atoms with E-state index in [9.17, 15) is 0 Å². The molecule has 1 unspecified atom stereocenters. The summed E-state index contributed by atoms with van der Waals surface area (Å²) in [5, 5.41) is 4.74. The second-order valence-electron chi connectivity index (χ2n) is 6.29. The lowest BCUT2D eigenvalue weighted by molar-refractivity contribution is 0.173. The molecule has 1 atom stereocenters. The summed E-state index contributed by atoms with van der Waals surface area (Å²) in [6.45, 7) is 13.2. The van der Waals surface area contributed by atoms with Crippen molar-refractivity contribution < 1.29 is 4.42 Å². The van der Waals surface area contributed by atoms with E-state index in [1.807, 2.05) is 18.2 Å². The minimum absolute atomic E-state index is 0.235. The largest absolute Gasteiger partial charge is 0.459 e. The minimum atomic E-state index is 0.235. The van der Waals surface area contributed by atoms with E-state index in [0.717, 1.165) is 24.4 Å². The van der Waals surface area contributed by atoms with Crippen molar-refractivity contribution in [2.24, 2.45) is 0 Å². The molecule has 2 rings (SSSR count). The Hall–Kier alpha value is -1.32. The highest BCUT2D eigenvalue weighted by Crippen LogP contribution is 2.23. The molecular weight excluding hydrogens is 260 g/mol. The van der Waals surface area contributed by atoms with Gasteiger partial charge < -0.3 is 9.73 Å². The van der Waals surface area contributed by atoms with Gasteiger partial charge in [0.15, 0.2) is 0 Å². The summed E-state index contributed by atoms with van der Waals surface area (Å²) in [7, 11) is 0. The van der Waals surface area contributed by atoms with Crippen molar-refractivity contribution in [3.8, 4) is 0 Å². The van der Waals surface area contributed by atoms with Crippen LogP contribution in [-0.4, -0.2) is 30.1 Å². The first-order valence-electron chi connectivity index (χ1n) is 7.96. The predicted molar refractivity (Wildman–Crippen MR) is 89.6 cm³/mol. The Balaban J connectivity index is 1.91. The minimum Gasteiger partial charge on any atom is -0.459 e. The average Bonchev–Trinajstić information content (AvgIpc) is 2.86. The lowest BCUT2D eigenvalue weighted by Gasteiger charge is -2.30. The third-order valence-corrected chi connectivity index (χ3v) is 4.02. The number of hydrogen-bond donors (Lipinski definition) is 1. The van der Waals surface area contributed by atoms with E-state index in [4.69, 9.17) is 4.42 Å². The smallest absolute Gasteiger partial charge is 0.134 e. The van der Waals surface area contributed by atoms with E-state index < -0.39 is 0 Å². The van der Waals surface area contributed by atoms with Gasteiger partial charge in [0.05, 0.1) is 6.04 Å². The van der Waals surface area contributed by atoms with Gasteiger partial charge in [0.1, 0.15) is 11.3 Å². The molecule has 0 spiro atoms. The lowest BCUT2D eigenvalue weighted by Crippen LogP contribution is -2.41. The van der Waals surface area contributed by atoms with Crippen LogP contribution in [0, 0.1) is 0 Å². The molecule has 1 aromatic carbocycles. The van der Waals surface area contributed by atoms with Gasteiger partial charge in [0.2, 0.25) is 0 Å². The number of nitrogens with zero attached hydrogens (tertiary/aromatic N) is 1. The average molecular weight is 288 g/mol. The van der Waals surface area contributed by atoms with Crippen LogP contribution in [0.1, 0.15) is 46.4 Å². The fraction of sp³-hybridized carbons (Fsp3) is 0.556. The number of rotatable bonds is 7. The zero-order valence-corrected chi connectivity index (χ0v) is 13.9. The van der Waals surface area contributed by atoms with Gasteiger partial charge in [0, 0.05) is 30.6 Å². The van der Waals surface area contributed by atoms with E-state index in [-0.39, 0.29) is 6.04 Å². The van der Waals surface area contributed by atoms with Crippen molar-refractivity contribution in [2.45, 2.75) is 52.7 Å². The Labute approximate surface area is 128 Å². The number of para-hydroxylation sites is 1. The fourth-order valence-corrected chi connectivity index (χ4v) is 2.84. The number of fused-ring (bicyclic) bond motifs is 1. The van der Waals surface area contributed by atoms with E-state index in [0.29, 0.717) is 12.1 Å². The van der Waals surface area contributed by atoms with E-state index in [2.05, 4.69) is 57.0 Å². The number of hydrogen-bond acceptors (Lipinski definition) is 3. The molecule has 21 heavy (non-hydrogen) atoms. The van der Waals surface area contributed by atoms with E-state index >= 15 is 0 Å². The van der Waals surface area contributed by atoms with Gasteiger partial charge in [-0.1, -0.05) is 18.2 Å². The van der Waals surface area contributed by atoms with Crippen molar-refractivity contribution in [3.63, 3.8) is 0 Å². The molecular formula is C18H28N2O. The summed E-state index contributed by atoms with van der Waals surface area (Å²) < 4.78 is 5.91. The molecule has 1 N–H and O–H groups in total. The van der Waals surface area contributed by atoms with Crippen LogP contribution in [0.2, 0.25) is 0 Å². The van der Waals surface area contributed by atoms with Gasteiger partial charge >= 0.3 is 0 Å². The van der Waals surface area contributed by atoms with Crippen molar-refractivity contribution >= 4 is 11.0 Å². The molecule has 2 aromatic rings. The van der Waals surface area contributed by atoms with Crippen LogP contribution in [0.3, 0.4) is 0 Å². The van der Waals surface area contributed by atoms with Crippen LogP contribution in [0.25, 0.3) is 11.0 Å². The highest BCUT2D eigenvalue weighted by atomic mass is 16.3. The second-order valence-corrected chi connectivity index (χ2v) is 6.29. The third-order valence-electron chi connectivity index (χ3n) is 4.02. The van der Waals surface area contributed by atoms with Gasteiger partial charge in [-0.25, -0.2) is 0 Å². The highest BCUT2D eigenvalue weighted by molar-refractivity contribution is 5.77. The van der Waals surface area contributed by atoms with Gasteiger partial charge in [-0.3, -0.25) is 4.90 Å². The molecule has 0 saturated heterocycles. The van der Waals surface area contributed by atoms with Crippen molar-refractivity contribution in [2.75, 3.05) is 13.1 Å². The van der Waals surface area contributed by atoms with Crippen molar-refractivity contribution in [3.05, 3.63) is 36.1 Å². The number of nitrogens with one attached hydrogen (secondary N) is 1. The van der Waals surface area contributed by atoms with E-state index in [1.54, 1.807) is 0 Å². The zero-order chi connectivity index (χ0) is 15.4. The molecule has 116 valence electrons. The second kappa shape index (κ2) is 7.10. The number of benzene rings is 1. The maximum Gasteiger partial charge on any atom is 0.134 e. The highest BCUT2D eigenvalue weighted by Gasteiger charge is 2.14. The van der Waals surface area contributed by atoms with Crippen molar-refractivity contribution in [1.29, 1.82) is 0 Å². The molecule has 0 saturated carbocycles. The van der Waals surface area contributed by atoms with Gasteiger partial charge in [-0.05, 0) is 46.8 Å². The summed E-state index contributed by atoms with van der Waals surface area (Å²) >= 11 is 0. The Kier molecular flexibility index (Phi) is 5.43. The Morgan fingerprint density at radius 2 is 1.71 bits per heavy atom. The summed E-state index contributed by atoms with van der Waals surface area (Å²) in [5.74, 6) is 1.01. The number of furan rings is 1. The van der Waals surface area contributed by atoms with Crippen LogP contribution in [0.15, 0.2) is 34.7 Å². The predicted octanol–water partition coefficient (Wildman–Crippen LogP) is 4.20.